The highest BCUT2D eigenvalue weighted by atomic mass is 19.4. The maximum atomic E-state index is 12.0. The van der Waals surface area contributed by atoms with Crippen LogP contribution in [0.4, 0.5) is 13.2 Å². The maximum Gasteiger partial charge on any atom is 0.401 e. The molecule has 1 aliphatic rings. The smallest absolute Gasteiger partial charge is 0.373 e. The first kappa shape index (κ1) is 16.2. The molecule has 2 rings (SSSR count). The Morgan fingerprint density at radius 2 is 2.05 bits per heavy atom. The van der Waals surface area contributed by atoms with E-state index in [1.54, 1.807) is 7.11 Å². The number of nitrogens with one attached hydrogen (secondary N) is 1. The zero-order chi connectivity index (χ0) is 15.3. The Hall–Kier alpha value is -1.15. The predicted octanol–water partition coefficient (Wildman–Crippen LogP) is 2.99. The van der Waals surface area contributed by atoms with E-state index in [0.29, 0.717) is 11.7 Å². The molecular formula is C13H20F3N3O2. The summed E-state index contributed by atoms with van der Waals surface area (Å²) in [5.41, 5.74) is 0. The minimum absolute atomic E-state index is 0.104. The summed E-state index contributed by atoms with van der Waals surface area (Å²) in [5, 5.41) is 6.07. The Morgan fingerprint density at radius 1 is 1.33 bits per heavy atom. The van der Waals surface area contributed by atoms with Crippen LogP contribution in [0, 0.1) is 5.92 Å². The van der Waals surface area contributed by atoms with Gasteiger partial charge in [-0.05, 0) is 18.8 Å². The van der Waals surface area contributed by atoms with Crippen LogP contribution in [0.1, 0.15) is 49.9 Å². The number of aromatic nitrogens is 2. The summed E-state index contributed by atoms with van der Waals surface area (Å²) in [5.74, 6) is 0.914. The van der Waals surface area contributed by atoms with Crippen LogP contribution < -0.4 is 5.32 Å². The molecule has 0 bridgehead atoms. The molecule has 8 heteroatoms. The molecule has 5 nitrogen and oxygen atoms in total. The number of ether oxygens (including phenoxy) is 1. The van der Waals surface area contributed by atoms with E-state index in [2.05, 4.69) is 15.5 Å². The SMILES string of the molecule is COC(c1noc(CNCC(F)(F)F)n1)C1CCCCC1. The van der Waals surface area contributed by atoms with Gasteiger partial charge in [0.25, 0.3) is 0 Å². The summed E-state index contributed by atoms with van der Waals surface area (Å²) in [7, 11) is 1.59. The van der Waals surface area contributed by atoms with Gasteiger partial charge in [0.05, 0.1) is 13.1 Å². The van der Waals surface area contributed by atoms with Gasteiger partial charge in [0.15, 0.2) is 0 Å². The van der Waals surface area contributed by atoms with Crippen molar-refractivity contribution in [1.82, 2.24) is 15.5 Å². The van der Waals surface area contributed by atoms with Crippen molar-refractivity contribution in [2.24, 2.45) is 5.92 Å². The number of alkyl halides is 3. The van der Waals surface area contributed by atoms with Crippen molar-refractivity contribution in [3.05, 3.63) is 11.7 Å². The molecule has 1 unspecified atom stereocenters. The second-order valence-corrected chi connectivity index (χ2v) is 5.32. The van der Waals surface area contributed by atoms with Gasteiger partial charge in [-0.1, -0.05) is 24.4 Å². The molecule has 1 aliphatic carbocycles. The van der Waals surface area contributed by atoms with Gasteiger partial charge in [-0.15, -0.1) is 0 Å². The Balaban J connectivity index is 1.90. The maximum absolute atomic E-state index is 12.0. The van der Waals surface area contributed by atoms with Gasteiger partial charge in [0, 0.05) is 7.11 Å². The zero-order valence-electron chi connectivity index (χ0n) is 11.9. The minimum atomic E-state index is -4.25. The molecule has 1 aromatic heterocycles. The fourth-order valence-corrected chi connectivity index (χ4v) is 2.71. The van der Waals surface area contributed by atoms with Crippen molar-refractivity contribution in [1.29, 1.82) is 0 Å². The van der Waals surface area contributed by atoms with Crippen LogP contribution in [0.15, 0.2) is 4.52 Å². The standard InChI is InChI=1S/C13H20F3N3O2/c1-20-11(9-5-3-2-4-6-9)12-18-10(21-19-12)7-17-8-13(14,15)16/h9,11,17H,2-8H2,1H3. The van der Waals surface area contributed by atoms with Crippen molar-refractivity contribution in [3.8, 4) is 0 Å². The Kier molecular flexibility index (Phi) is 5.58. The third-order valence-electron chi connectivity index (χ3n) is 3.67. The van der Waals surface area contributed by atoms with Gasteiger partial charge < -0.3 is 14.6 Å². The summed E-state index contributed by atoms with van der Waals surface area (Å²) < 4.78 is 46.6. The summed E-state index contributed by atoms with van der Waals surface area (Å²) in [6, 6.07) is 0. The second-order valence-electron chi connectivity index (χ2n) is 5.32. The fourth-order valence-electron chi connectivity index (χ4n) is 2.71. The average molecular weight is 307 g/mol. The first-order chi connectivity index (χ1) is 9.99. The minimum Gasteiger partial charge on any atom is -0.373 e. The summed E-state index contributed by atoms with van der Waals surface area (Å²) in [6.07, 6.45) is 1.14. The van der Waals surface area contributed by atoms with E-state index in [4.69, 9.17) is 9.26 Å². The molecule has 1 N–H and O–H groups in total. The molecule has 1 fully saturated rings. The third-order valence-corrected chi connectivity index (χ3v) is 3.67. The number of rotatable bonds is 6. The van der Waals surface area contributed by atoms with E-state index in [1.165, 1.54) is 6.42 Å². The molecule has 0 saturated heterocycles. The van der Waals surface area contributed by atoms with Crippen LogP contribution >= 0.6 is 0 Å². The average Bonchev–Trinajstić information content (AvgIpc) is 2.88. The summed E-state index contributed by atoms with van der Waals surface area (Å²) >= 11 is 0. The Bertz CT molecular complexity index is 431. The van der Waals surface area contributed by atoms with Gasteiger partial charge >= 0.3 is 6.18 Å². The molecule has 1 atom stereocenters. The molecular weight excluding hydrogens is 287 g/mol. The number of hydrogen-bond donors (Lipinski definition) is 1. The molecule has 0 amide bonds. The topological polar surface area (TPSA) is 60.2 Å². The van der Waals surface area contributed by atoms with Gasteiger partial charge in [-0.25, -0.2) is 0 Å². The van der Waals surface area contributed by atoms with Gasteiger partial charge in [-0.2, -0.15) is 18.2 Å². The Labute approximate surface area is 121 Å². The number of hydrogen-bond acceptors (Lipinski definition) is 5. The van der Waals surface area contributed by atoms with E-state index in [0.717, 1.165) is 25.7 Å². The van der Waals surface area contributed by atoms with Crippen molar-refractivity contribution < 1.29 is 22.4 Å². The monoisotopic (exact) mass is 307 g/mol. The van der Waals surface area contributed by atoms with Crippen LogP contribution in [0.25, 0.3) is 0 Å². The molecule has 1 saturated carbocycles. The lowest BCUT2D eigenvalue weighted by molar-refractivity contribution is -0.125. The highest BCUT2D eigenvalue weighted by Crippen LogP contribution is 2.35. The van der Waals surface area contributed by atoms with E-state index in [-0.39, 0.29) is 18.5 Å². The quantitative estimate of drug-likeness (QED) is 0.875. The van der Waals surface area contributed by atoms with E-state index >= 15 is 0 Å². The lowest BCUT2D eigenvalue weighted by Gasteiger charge is -2.26. The van der Waals surface area contributed by atoms with E-state index < -0.39 is 12.7 Å². The number of methoxy groups -OCH3 is 1. The molecule has 0 aliphatic heterocycles. The van der Waals surface area contributed by atoms with Gasteiger partial charge in [0.2, 0.25) is 11.7 Å². The largest absolute Gasteiger partial charge is 0.401 e. The highest BCUT2D eigenvalue weighted by Gasteiger charge is 2.29. The highest BCUT2D eigenvalue weighted by molar-refractivity contribution is 4.95. The molecule has 120 valence electrons. The molecule has 1 heterocycles. The predicted molar refractivity (Wildman–Crippen MR) is 68.4 cm³/mol. The van der Waals surface area contributed by atoms with Gasteiger partial charge in [-0.3, -0.25) is 0 Å². The van der Waals surface area contributed by atoms with E-state index in [1.807, 2.05) is 0 Å². The summed E-state index contributed by atoms with van der Waals surface area (Å²) in [6.45, 7) is -1.19. The van der Waals surface area contributed by atoms with Crippen LogP contribution in [0.3, 0.4) is 0 Å². The molecule has 1 aromatic rings. The van der Waals surface area contributed by atoms with E-state index in [9.17, 15) is 13.2 Å². The number of nitrogens with zero attached hydrogens (tertiary/aromatic N) is 2. The van der Waals surface area contributed by atoms with Crippen LogP contribution in [-0.2, 0) is 11.3 Å². The first-order valence-electron chi connectivity index (χ1n) is 7.12. The van der Waals surface area contributed by atoms with Crippen LogP contribution in [-0.4, -0.2) is 30.0 Å². The van der Waals surface area contributed by atoms with Crippen molar-refractivity contribution >= 4 is 0 Å². The van der Waals surface area contributed by atoms with Crippen molar-refractivity contribution in [2.75, 3.05) is 13.7 Å². The van der Waals surface area contributed by atoms with Crippen molar-refractivity contribution in [3.63, 3.8) is 0 Å². The normalized spacial score (nSPS) is 18.9. The lowest BCUT2D eigenvalue weighted by atomic mass is 9.85. The molecule has 21 heavy (non-hydrogen) atoms. The second kappa shape index (κ2) is 7.22. The van der Waals surface area contributed by atoms with Gasteiger partial charge in [0.1, 0.15) is 6.10 Å². The third kappa shape index (κ3) is 4.96. The van der Waals surface area contributed by atoms with Crippen molar-refractivity contribution in [2.45, 2.75) is 50.9 Å². The molecule has 0 aromatic carbocycles. The number of halogens is 3. The fraction of sp³-hybridized carbons (Fsp3) is 0.846. The molecule has 0 spiro atoms. The van der Waals surface area contributed by atoms with Crippen LogP contribution in [0.2, 0.25) is 0 Å². The lowest BCUT2D eigenvalue weighted by Crippen LogP contribution is -2.28. The van der Waals surface area contributed by atoms with Crippen LogP contribution in [0.5, 0.6) is 0 Å². The summed E-state index contributed by atoms with van der Waals surface area (Å²) in [4.78, 5) is 4.14. The zero-order valence-corrected chi connectivity index (χ0v) is 11.9. The Morgan fingerprint density at radius 3 is 2.67 bits per heavy atom. The first-order valence-corrected chi connectivity index (χ1v) is 7.12. The molecule has 0 radical (unpaired) electrons.